The monoisotopic (exact) mass is 483 g/mol. The summed E-state index contributed by atoms with van der Waals surface area (Å²) in [4.78, 5) is 15.4. The number of halogens is 1. The average Bonchev–Trinajstić information content (AvgIpc) is 2.85. The van der Waals surface area contributed by atoms with Crippen LogP contribution in [0.2, 0.25) is 5.02 Å². The number of piperazine rings is 1. The van der Waals surface area contributed by atoms with Crippen molar-refractivity contribution in [2.24, 2.45) is 0 Å². The summed E-state index contributed by atoms with van der Waals surface area (Å²) >= 11 is 6.14. The molecule has 0 aliphatic carbocycles. The van der Waals surface area contributed by atoms with Crippen LogP contribution in [0.15, 0.2) is 89.8 Å². The van der Waals surface area contributed by atoms with Gasteiger partial charge in [-0.25, -0.2) is 8.42 Å². The van der Waals surface area contributed by atoms with Gasteiger partial charge in [-0.15, -0.1) is 0 Å². The summed E-state index contributed by atoms with van der Waals surface area (Å²) in [6.45, 7) is 1.86. The van der Waals surface area contributed by atoms with Crippen LogP contribution >= 0.6 is 11.6 Å². The van der Waals surface area contributed by atoms with Crippen LogP contribution in [-0.2, 0) is 21.4 Å². The maximum atomic E-state index is 13.3. The molecule has 8 heteroatoms. The van der Waals surface area contributed by atoms with Gasteiger partial charge in [-0.1, -0.05) is 84.4 Å². The van der Waals surface area contributed by atoms with Crippen LogP contribution in [0.5, 0.6) is 0 Å². The molecule has 0 saturated carbocycles. The second kappa shape index (κ2) is 10.5. The third-order valence-electron chi connectivity index (χ3n) is 5.77. The highest BCUT2D eigenvalue weighted by atomic mass is 35.5. The van der Waals surface area contributed by atoms with Crippen molar-refractivity contribution in [2.45, 2.75) is 17.5 Å². The van der Waals surface area contributed by atoms with E-state index in [2.05, 4.69) is 5.32 Å². The lowest BCUT2D eigenvalue weighted by Gasteiger charge is -2.38. The lowest BCUT2D eigenvalue weighted by atomic mass is 10.0. The van der Waals surface area contributed by atoms with Gasteiger partial charge in [0, 0.05) is 32.7 Å². The summed E-state index contributed by atoms with van der Waals surface area (Å²) < 4.78 is 27.6. The predicted octanol–water partition coefficient (Wildman–Crippen LogP) is 3.70. The first kappa shape index (κ1) is 23.4. The average molecular weight is 484 g/mol. The van der Waals surface area contributed by atoms with E-state index in [9.17, 15) is 13.2 Å². The van der Waals surface area contributed by atoms with E-state index in [1.165, 1.54) is 10.4 Å². The van der Waals surface area contributed by atoms with E-state index in [0.29, 0.717) is 19.6 Å². The van der Waals surface area contributed by atoms with Crippen molar-refractivity contribution in [1.82, 2.24) is 14.5 Å². The van der Waals surface area contributed by atoms with Crippen molar-refractivity contribution in [3.8, 4) is 0 Å². The Hall–Kier alpha value is -2.71. The summed E-state index contributed by atoms with van der Waals surface area (Å²) in [5.41, 5.74) is 1.90. The zero-order valence-electron chi connectivity index (χ0n) is 18.1. The number of carbonyl (C=O) groups is 1. The largest absolute Gasteiger partial charge is 0.350 e. The number of nitrogens with zero attached hydrogens (tertiary/aromatic N) is 2. The van der Waals surface area contributed by atoms with Crippen molar-refractivity contribution in [1.29, 1.82) is 0 Å². The minimum Gasteiger partial charge on any atom is -0.350 e. The van der Waals surface area contributed by atoms with Gasteiger partial charge in [0.15, 0.2) is 0 Å². The normalized spacial score (nSPS) is 16.3. The maximum absolute atomic E-state index is 13.3. The number of rotatable bonds is 7. The maximum Gasteiger partial charge on any atom is 0.244 e. The van der Waals surface area contributed by atoms with Crippen LogP contribution in [0.3, 0.4) is 0 Å². The first-order valence-corrected chi connectivity index (χ1v) is 12.6. The van der Waals surface area contributed by atoms with Crippen LogP contribution in [0.1, 0.15) is 17.2 Å². The van der Waals surface area contributed by atoms with Gasteiger partial charge in [0.05, 0.1) is 5.02 Å². The molecule has 1 aliphatic heterocycles. The van der Waals surface area contributed by atoms with Crippen LogP contribution in [0, 0.1) is 0 Å². The summed E-state index contributed by atoms with van der Waals surface area (Å²) in [7, 11) is -3.70. The Morgan fingerprint density at radius 3 is 2.06 bits per heavy atom. The molecular weight excluding hydrogens is 458 g/mol. The molecule has 3 aromatic rings. The smallest absolute Gasteiger partial charge is 0.244 e. The van der Waals surface area contributed by atoms with Crippen LogP contribution in [0.25, 0.3) is 0 Å². The summed E-state index contributed by atoms with van der Waals surface area (Å²) in [6, 6.07) is 25.3. The van der Waals surface area contributed by atoms with Gasteiger partial charge in [-0.3, -0.25) is 9.69 Å². The van der Waals surface area contributed by atoms with E-state index in [4.69, 9.17) is 11.6 Å². The van der Waals surface area contributed by atoms with Gasteiger partial charge < -0.3 is 5.32 Å². The first-order valence-electron chi connectivity index (χ1n) is 10.8. The highest BCUT2D eigenvalue weighted by Crippen LogP contribution is 2.28. The Bertz CT molecular complexity index is 1180. The van der Waals surface area contributed by atoms with Crippen LogP contribution < -0.4 is 5.32 Å². The zero-order valence-corrected chi connectivity index (χ0v) is 19.7. The van der Waals surface area contributed by atoms with Crippen LogP contribution in [0.4, 0.5) is 0 Å². The summed E-state index contributed by atoms with van der Waals surface area (Å²) in [5.74, 6) is -0.104. The van der Waals surface area contributed by atoms with E-state index in [1.807, 2.05) is 65.6 Å². The van der Waals surface area contributed by atoms with Gasteiger partial charge >= 0.3 is 0 Å². The Labute approximate surface area is 199 Å². The van der Waals surface area contributed by atoms with Gasteiger partial charge in [-0.2, -0.15) is 4.31 Å². The molecule has 1 amide bonds. The molecule has 6 nitrogen and oxygen atoms in total. The molecule has 1 atom stereocenters. The number of hydrogen-bond acceptors (Lipinski definition) is 4. The van der Waals surface area contributed by atoms with E-state index < -0.39 is 16.1 Å². The fourth-order valence-electron chi connectivity index (χ4n) is 4.04. The molecule has 4 rings (SSSR count). The highest BCUT2D eigenvalue weighted by molar-refractivity contribution is 7.89. The molecular formula is C25H26ClN3O3S. The molecule has 0 spiro atoms. The number of hydrogen-bond donors (Lipinski definition) is 1. The molecule has 1 N–H and O–H groups in total. The third kappa shape index (κ3) is 5.45. The molecule has 3 aromatic carbocycles. The Morgan fingerprint density at radius 2 is 1.42 bits per heavy atom. The van der Waals surface area contributed by atoms with E-state index in [0.717, 1.165) is 11.1 Å². The van der Waals surface area contributed by atoms with Gasteiger partial charge in [0.25, 0.3) is 0 Å². The molecule has 0 aromatic heterocycles. The minimum atomic E-state index is -3.70. The highest BCUT2D eigenvalue weighted by Gasteiger charge is 2.35. The number of sulfonamides is 1. The second-order valence-electron chi connectivity index (χ2n) is 7.89. The van der Waals surface area contributed by atoms with Gasteiger partial charge in [-0.05, 0) is 23.3 Å². The zero-order chi connectivity index (χ0) is 23.3. The summed E-state index contributed by atoms with van der Waals surface area (Å²) in [6.07, 6.45) is 0. The molecule has 33 heavy (non-hydrogen) atoms. The van der Waals surface area contributed by atoms with Crippen molar-refractivity contribution >= 4 is 27.5 Å². The van der Waals surface area contributed by atoms with E-state index in [-0.39, 0.29) is 28.9 Å². The standard InChI is InChI=1S/C25H26ClN3O3S/c26-22-13-7-8-14-23(22)33(31,32)29-17-15-28(16-18-29)24(21-11-5-2-6-12-21)25(30)27-19-20-9-3-1-4-10-20/h1-14,24H,15-19H2,(H,27,30)/t24-/m0/s1. The first-order chi connectivity index (χ1) is 16.0. The molecule has 172 valence electrons. The Kier molecular flexibility index (Phi) is 7.45. The minimum absolute atomic E-state index is 0.104. The number of benzene rings is 3. The molecule has 0 bridgehead atoms. The fourth-order valence-corrected chi connectivity index (χ4v) is 5.96. The molecule has 1 heterocycles. The lowest BCUT2D eigenvalue weighted by molar-refractivity contribution is -0.127. The fraction of sp³-hybridized carbons (Fsp3) is 0.240. The Balaban J connectivity index is 1.49. The molecule has 1 fully saturated rings. The second-order valence-corrected chi connectivity index (χ2v) is 10.2. The van der Waals surface area contributed by atoms with Crippen LogP contribution in [-0.4, -0.2) is 49.7 Å². The molecule has 1 saturated heterocycles. The van der Waals surface area contributed by atoms with Crippen molar-refractivity contribution < 1.29 is 13.2 Å². The SMILES string of the molecule is O=C(NCc1ccccc1)[C@H](c1ccccc1)N1CCN(S(=O)(=O)c2ccccc2Cl)CC1. The van der Waals surface area contributed by atoms with Crippen molar-refractivity contribution in [3.05, 3.63) is 101 Å². The quantitative estimate of drug-likeness (QED) is 0.556. The van der Waals surface area contributed by atoms with E-state index >= 15 is 0 Å². The van der Waals surface area contributed by atoms with Crippen molar-refractivity contribution in [2.75, 3.05) is 26.2 Å². The molecule has 1 aliphatic rings. The Morgan fingerprint density at radius 1 is 0.848 bits per heavy atom. The number of nitrogens with one attached hydrogen (secondary N) is 1. The molecule has 0 radical (unpaired) electrons. The number of carbonyl (C=O) groups excluding carboxylic acids is 1. The summed E-state index contributed by atoms with van der Waals surface area (Å²) in [5, 5.41) is 3.25. The topological polar surface area (TPSA) is 69.7 Å². The third-order valence-corrected chi connectivity index (χ3v) is 8.16. The lowest BCUT2D eigenvalue weighted by Crippen LogP contribution is -2.52. The van der Waals surface area contributed by atoms with E-state index in [1.54, 1.807) is 18.2 Å². The number of amides is 1. The van der Waals surface area contributed by atoms with Gasteiger partial charge in [0.1, 0.15) is 10.9 Å². The predicted molar refractivity (Wildman–Crippen MR) is 129 cm³/mol. The van der Waals surface area contributed by atoms with Crippen molar-refractivity contribution in [3.63, 3.8) is 0 Å². The van der Waals surface area contributed by atoms with Gasteiger partial charge in [0.2, 0.25) is 15.9 Å². The molecule has 0 unspecified atom stereocenters.